The highest BCUT2D eigenvalue weighted by atomic mass is 16.2. The highest BCUT2D eigenvalue weighted by Crippen LogP contribution is 2.31. The minimum atomic E-state index is -0.210. The van der Waals surface area contributed by atoms with Gasteiger partial charge in [0.15, 0.2) is 0 Å². The molecule has 5 nitrogen and oxygen atoms in total. The Morgan fingerprint density at radius 3 is 2.12 bits per heavy atom. The number of fused-ring (bicyclic) bond motifs is 2. The van der Waals surface area contributed by atoms with Gasteiger partial charge in [0.1, 0.15) is 0 Å². The van der Waals surface area contributed by atoms with Crippen LogP contribution in [0.5, 0.6) is 0 Å². The lowest BCUT2D eigenvalue weighted by Crippen LogP contribution is -2.38. The predicted molar refractivity (Wildman–Crippen MR) is 101 cm³/mol. The minimum absolute atomic E-state index is 0.0803. The Kier molecular flexibility index (Phi) is 3.89. The molecule has 0 saturated heterocycles. The largest absolute Gasteiger partial charge is 0.350 e. The van der Waals surface area contributed by atoms with Crippen molar-refractivity contribution in [1.29, 1.82) is 0 Å². The van der Waals surface area contributed by atoms with Crippen molar-refractivity contribution in [3.63, 3.8) is 0 Å². The maximum Gasteiger partial charge on any atom is 0.261 e. The fourth-order valence-electron chi connectivity index (χ4n) is 3.76. The molecule has 0 aliphatic carbocycles. The van der Waals surface area contributed by atoms with Gasteiger partial charge in [-0.25, -0.2) is 0 Å². The van der Waals surface area contributed by atoms with Crippen LogP contribution >= 0.6 is 0 Å². The zero-order chi connectivity index (χ0) is 18.4. The smallest absolute Gasteiger partial charge is 0.261 e. The van der Waals surface area contributed by atoms with Gasteiger partial charge in [0.25, 0.3) is 11.8 Å². The van der Waals surface area contributed by atoms with Gasteiger partial charge in [-0.1, -0.05) is 30.3 Å². The first-order valence-corrected chi connectivity index (χ1v) is 8.64. The number of hydrogen-bond donors (Lipinski definition) is 0. The fourth-order valence-corrected chi connectivity index (χ4v) is 3.76. The first-order chi connectivity index (χ1) is 12.5. The Balaban J connectivity index is 1.73. The lowest BCUT2D eigenvalue weighted by Gasteiger charge is -2.28. The summed E-state index contributed by atoms with van der Waals surface area (Å²) in [6.07, 6.45) is 2.09. The molecule has 132 valence electrons. The molecule has 0 unspecified atom stereocenters. The zero-order valence-corrected chi connectivity index (χ0v) is 15.1. The van der Waals surface area contributed by atoms with Crippen LogP contribution in [0.15, 0.2) is 54.7 Å². The Bertz CT molecular complexity index is 984. The molecule has 26 heavy (non-hydrogen) atoms. The van der Waals surface area contributed by atoms with Gasteiger partial charge >= 0.3 is 0 Å². The number of aromatic nitrogens is 1. The maximum absolute atomic E-state index is 12.7. The lowest BCUT2D eigenvalue weighted by molar-refractivity contribution is 0.0612. The molecule has 1 aromatic heterocycles. The van der Waals surface area contributed by atoms with Crippen LogP contribution in [0.2, 0.25) is 0 Å². The molecule has 0 spiro atoms. The van der Waals surface area contributed by atoms with Crippen LogP contribution in [0.4, 0.5) is 0 Å². The molecule has 1 atom stereocenters. The summed E-state index contributed by atoms with van der Waals surface area (Å²) in [5.74, 6) is -0.421. The Morgan fingerprint density at radius 2 is 1.50 bits per heavy atom. The summed E-state index contributed by atoms with van der Waals surface area (Å²) in [5, 5.41) is 1.14. The van der Waals surface area contributed by atoms with Gasteiger partial charge < -0.3 is 9.47 Å². The maximum atomic E-state index is 12.7. The number of nitrogens with zero attached hydrogens (tertiary/aromatic N) is 3. The molecule has 2 amide bonds. The van der Waals surface area contributed by atoms with Gasteiger partial charge in [0.05, 0.1) is 17.2 Å². The van der Waals surface area contributed by atoms with Gasteiger partial charge in [-0.05, 0) is 37.9 Å². The number of rotatable bonds is 4. The first-order valence-electron chi connectivity index (χ1n) is 8.64. The summed E-state index contributed by atoms with van der Waals surface area (Å²) in [7, 11) is 5.97. The van der Waals surface area contributed by atoms with E-state index < -0.39 is 0 Å². The van der Waals surface area contributed by atoms with Crippen molar-refractivity contribution in [1.82, 2.24) is 14.4 Å². The second kappa shape index (κ2) is 6.11. The standard InChI is InChI=1S/C21H21N3O2/c1-22(2)19(17-12-23(3)18-11-7-6-8-14(17)18)13-24-20(25)15-9-4-5-10-16(15)21(24)26/h4-12,19H,13H2,1-3H3/t19-/m1/s1. The topological polar surface area (TPSA) is 45.6 Å². The van der Waals surface area contributed by atoms with E-state index in [2.05, 4.69) is 27.8 Å². The summed E-state index contributed by atoms with van der Waals surface area (Å²) in [4.78, 5) is 28.9. The van der Waals surface area contributed by atoms with Crippen molar-refractivity contribution in [2.24, 2.45) is 7.05 Å². The third-order valence-corrected chi connectivity index (χ3v) is 5.14. The monoisotopic (exact) mass is 347 g/mol. The van der Waals surface area contributed by atoms with E-state index in [1.807, 2.05) is 33.3 Å². The van der Waals surface area contributed by atoms with Gasteiger partial charge in [0, 0.05) is 30.7 Å². The van der Waals surface area contributed by atoms with Crippen molar-refractivity contribution in [2.75, 3.05) is 20.6 Å². The minimum Gasteiger partial charge on any atom is -0.350 e. The number of carbonyl (C=O) groups is 2. The number of para-hydroxylation sites is 1. The molecule has 0 N–H and O–H groups in total. The Labute approximate surface area is 152 Å². The van der Waals surface area contributed by atoms with Crippen LogP contribution in [-0.2, 0) is 7.05 Å². The van der Waals surface area contributed by atoms with Crippen molar-refractivity contribution in [3.8, 4) is 0 Å². The molecule has 1 aliphatic rings. The third-order valence-electron chi connectivity index (χ3n) is 5.14. The van der Waals surface area contributed by atoms with Crippen molar-refractivity contribution >= 4 is 22.7 Å². The molecule has 3 aromatic rings. The summed E-state index contributed by atoms with van der Waals surface area (Å²) < 4.78 is 2.09. The van der Waals surface area contributed by atoms with Gasteiger partial charge in [-0.3, -0.25) is 14.5 Å². The highest BCUT2D eigenvalue weighted by molar-refractivity contribution is 6.21. The summed E-state index contributed by atoms with van der Waals surface area (Å²) in [6, 6.07) is 15.1. The Hall–Kier alpha value is -2.92. The van der Waals surface area contributed by atoms with Crippen LogP contribution in [0, 0.1) is 0 Å². The average Bonchev–Trinajstić information content (AvgIpc) is 3.09. The van der Waals surface area contributed by atoms with Gasteiger partial charge in [-0.15, -0.1) is 0 Å². The SMILES string of the molecule is CN(C)[C@H](CN1C(=O)c2ccccc2C1=O)c1cn(C)c2ccccc12. The molecule has 0 saturated carbocycles. The molecular weight excluding hydrogens is 326 g/mol. The molecule has 0 radical (unpaired) electrons. The van der Waals surface area contributed by atoms with E-state index in [0.717, 1.165) is 16.5 Å². The van der Waals surface area contributed by atoms with Gasteiger partial charge in [0.2, 0.25) is 0 Å². The molecular formula is C21H21N3O2. The molecule has 1 aliphatic heterocycles. The summed E-state index contributed by atoms with van der Waals surface area (Å²) >= 11 is 0. The van der Waals surface area contributed by atoms with Crippen LogP contribution < -0.4 is 0 Å². The van der Waals surface area contributed by atoms with E-state index in [1.165, 1.54) is 4.90 Å². The predicted octanol–water partition coefficient (Wildman–Crippen LogP) is 3.08. The van der Waals surface area contributed by atoms with E-state index in [4.69, 9.17) is 0 Å². The number of carbonyl (C=O) groups excluding carboxylic acids is 2. The number of likely N-dealkylation sites (N-methyl/N-ethyl adjacent to an activating group) is 1. The highest BCUT2D eigenvalue weighted by Gasteiger charge is 2.37. The lowest BCUT2D eigenvalue weighted by atomic mass is 10.0. The first kappa shape index (κ1) is 16.5. The van der Waals surface area contributed by atoms with E-state index >= 15 is 0 Å². The van der Waals surface area contributed by atoms with E-state index in [9.17, 15) is 9.59 Å². The molecule has 0 bridgehead atoms. The molecule has 2 aromatic carbocycles. The van der Waals surface area contributed by atoms with Crippen LogP contribution in [0.3, 0.4) is 0 Å². The molecule has 5 heteroatoms. The number of benzene rings is 2. The van der Waals surface area contributed by atoms with Crippen molar-refractivity contribution in [3.05, 3.63) is 71.4 Å². The van der Waals surface area contributed by atoms with Crippen LogP contribution in [0.1, 0.15) is 32.3 Å². The number of aryl methyl sites for hydroxylation is 1. The van der Waals surface area contributed by atoms with Crippen LogP contribution in [-0.4, -0.2) is 46.8 Å². The second-order valence-electron chi connectivity index (χ2n) is 6.96. The van der Waals surface area contributed by atoms with Crippen molar-refractivity contribution in [2.45, 2.75) is 6.04 Å². The number of amides is 2. The Morgan fingerprint density at radius 1 is 0.923 bits per heavy atom. The van der Waals surface area contributed by atoms with E-state index in [1.54, 1.807) is 24.3 Å². The van der Waals surface area contributed by atoms with Crippen LogP contribution in [0.25, 0.3) is 10.9 Å². The average molecular weight is 347 g/mol. The molecule has 2 heterocycles. The van der Waals surface area contributed by atoms with Gasteiger partial charge in [-0.2, -0.15) is 0 Å². The molecule has 0 fully saturated rings. The number of hydrogen-bond acceptors (Lipinski definition) is 3. The number of imide groups is 1. The second-order valence-corrected chi connectivity index (χ2v) is 6.96. The third kappa shape index (κ3) is 2.44. The van der Waals surface area contributed by atoms with E-state index in [-0.39, 0.29) is 17.9 Å². The fraction of sp³-hybridized carbons (Fsp3) is 0.238. The summed E-state index contributed by atoms with van der Waals surface area (Å²) in [6.45, 7) is 0.327. The molecule has 4 rings (SSSR count). The summed E-state index contributed by atoms with van der Waals surface area (Å²) in [5.41, 5.74) is 3.24. The quantitative estimate of drug-likeness (QED) is 0.682. The van der Waals surface area contributed by atoms with Crippen molar-refractivity contribution < 1.29 is 9.59 Å². The zero-order valence-electron chi connectivity index (χ0n) is 15.1. The normalized spacial score (nSPS) is 15.2. The van der Waals surface area contributed by atoms with E-state index in [0.29, 0.717) is 17.7 Å².